The highest BCUT2D eigenvalue weighted by Gasteiger charge is 2.19. The lowest BCUT2D eigenvalue weighted by Crippen LogP contribution is -2.12. The van der Waals surface area contributed by atoms with Crippen molar-refractivity contribution >= 4 is 11.9 Å². The van der Waals surface area contributed by atoms with E-state index in [-0.39, 0.29) is 19.4 Å². The Labute approximate surface area is 162 Å². The summed E-state index contributed by atoms with van der Waals surface area (Å²) in [5.74, 6) is -8.54. The van der Waals surface area contributed by atoms with Crippen LogP contribution in [0.3, 0.4) is 0 Å². The molecule has 0 fully saturated rings. The normalized spacial score (nSPS) is 10.8. The maximum absolute atomic E-state index is 13.4. The van der Waals surface area contributed by atoms with Gasteiger partial charge in [0.1, 0.15) is 6.61 Å². The molecule has 0 saturated carbocycles. The predicted molar refractivity (Wildman–Crippen MR) is 94.3 cm³/mol. The van der Waals surface area contributed by atoms with E-state index < -0.39 is 47.4 Å². The van der Waals surface area contributed by atoms with Gasteiger partial charge in [0.25, 0.3) is 0 Å². The van der Waals surface area contributed by atoms with Crippen LogP contribution in [0.1, 0.15) is 70.3 Å². The molecule has 0 radical (unpaired) electrons. The van der Waals surface area contributed by atoms with Crippen LogP contribution in [0, 0.1) is 23.3 Å². The zero-order valence-corrected chi connectivity index (χ0v) is 16.0. The van der Waals surface area contributed by atoms with Gasteiger partial charge in [0.2, 0.25) is 0 Å². The summed E-state index contributed by atoms with van der Waals surface area (Å²) in [6.45, 7) is 1.66. The van der Waals surface area contributed by atoms with Gasteiger partial charge in [-0.25, -0.2) is 17.6 Å². The summed E-state index contributed by atoms with van der Waals surface area (Å²) in [6.07, 6.45) is 7.06. The number of rotatable bonds is 13. The molecule has 0 amide bonds. The van der Waals surface area contributed by atoms with Gasteiger partial charge in [-0.3, -0.25) is 9.59 Å². The number of carbonyl (C=O) groups excluding carboxylic acids is 2. The zero-order valence-electron chi connectivity index (χ0n) is 16.0. The van der Waals surface area contributed by atoms with E-state index in [0.717, 1.165) is 25.7 Å². The van der Waals surface area contributed by atoms with Crippen LogP contribution in [0.25, 0.3) is 0 Å². The van der Waals surface area contributed by atoms with E-state index in [9.17, 15) is 27.2 Å². The van der Waals surface area contributed by atoms with Crippen molar-refractivity contribution in [2.45, 2.75) is 71.3 Å². The van der Waals surface area contributed by atoms with Gasteiger partial charge in [-0.1, -0.05) is 45.4 Å². The Morgan fingerprint density at radius 2 is 1.36 bits per heavy atom. The Balaban J connectivity index is 2.19. The molecule has 0 aliphatic heterocycles. The summed E-state index contributed by atoms with van der Waals surface area (Å²) >= 11 is 0. The molecule has 1 aromatic rings. The fourth-order valence-corrected chi connectivity index (χ4v) is 2.48. The lowest BCUT2D eigenvalue weighted by Gasteiger charge is -2.08. The van der Waals surface area contributed by atoms with Gasteiger partial charge >= 0.3 is 11.9 Å². The van der Waals surface area contributed by atoms with Crippen molar-refractivity contribution in [3.8, 4) is 0 Å². The van der Waals surface area contributed by atoms with Crippen molar-refractivity contribution in [1.29, 1.82) is 0 Å². The molecule has 4 nitrogen and oxygen atoms in total. The molecule has 0 unspecified atom stereocenters. The molecule has 8 heteroatoms. The van der Waals surface area contributed by atoms with Gasteiger partial charge in [0.15, 0.2) is 23.3 Å². The molecule has 0 spiro atoms. The molecule has 0 aliphatic carbocycles. The SMILES string of the molecule is CCCCCCCCCOC(=O)CCC(=O)OCc1cc(F)c(F)c(F)c1F. The van der Waals surface area contributed by atoms with Crippen LogP contribution in [-0.4, -0.2) is 18.5 Å². The smallest absolute Gasteiger partial charge is 0.306 e. The molecule has 28 heavy (non-hydrogen) atoms. The first kappa shape index (κ1) is 23.9. The van der Waals surface area contributed by atoms with Crippen molar-refractivity contribution in [3.05, 3.63) is 34.9 Å². The Kier molecular flexibility index (Phi) is 11.2. The Morgan fingerprint density at radius 3 is 2.00 bits per heavy atom. The Morgan fingerprint density at radius 1 is 0.786 bits per heavy atom. The van der Waals surface area contributed by atoms with Gasteiger partial charge in [0, 0.05) is 5.56 Å². The number of esters is 2. The highest BCUT2D eigenvalue weighted by molar-refractivity contribution is 5.77. The first-order valence-corrected chi connectivity index (χ1v) is 9.49. The summed E-state index contributed by atoms with van der Waals surface area (Å²) in [7, 11) is 0. The van der Waals surface area contributed by atoms with Gasteiger partial charge in [-0.2, -0.15) is 0 Å². The maximum atomic E-state index is 13.4. The van der Waals surface area contributed by atoms with E-state index in [2.05, 4.69) is 11.7 Å². The maximum Gasteiger partial charge on any atom is 0.306 e. The molecule has 1 aromatic carbocycles. The van der Waals surface area contributed by atoms with E-state index in [4.69, 9.17) is 4.74 Å². The molecule has 0 atom stereocenters. The number of benzene rings is 1. The molecule has 0 bridgehead atoms. The second-order valence-electron chi connectivity index (χ2n) is 6.46. The summed E-state index contributed by atoms with van der Waals surface area (Å²) in [6, 6.07) is 0.414. The van der Waals surface area contributed by atoms with Gasteiger partial charge in [-0.05, 0) is 12.5 Å². The van der Waals surface area contributed by atoms with Crippen LogP contribution in [-0.2, 0) is 25.7 Å². The van der Waals surface area contributed by atoms with Crippen molar-refractivity contribution in [3.63, 3.8) is 0 Å². The summed E-state index contributed by atoms with van der Waals surface area (Å²) in [5.41, 5.74) is -0.633. The van der Waals surface area contributed by atoms with E-state index in [1.165, 1.54) is 19.3 Å². The minimum absolute atomic E-state index is 0.218. The van der Waals surface area contributed by atoms with E-state index in [1.807, 2.05) is 0 Å². The van der Waals surface area contributed by atoms with Crippen molar-refractivity contribution < 1.29 is 36.6 Å². The molecular weight excluding hydrogens is 380 g/mol. The van der Waals surface area contributed by atoms with Gasteiger partial charge in [-0.15, -0.1) is 0 Å². The molecule has 0 aliphatic rings. The summed E-state index contributed by atoms with van der Waals surface area (Å²) in [5, 5.41) is 0. The predicted octanol–water partition coefficient (Wildman–Crippen LogP) is 5.36. The molecule has 158 valence electrons. The highest BCUT2D eigenvalue weighted by Crippen LogP contribution is 2.19. The topological polar surface area (TPSA) is 52.6 Å². The molecule has 0 heterocycles. The number of ether oxygens (including phenoxy) is 2. The Hall–Kier alpha value is -2.12. The van der Waals surface area contributed by atoms with Crippen LogP contribution in [0.5, 0.6) is 0 Å². The molecule has 0 N–H and O–H groups in total. The lowest BCUT2D eigenvalue weighted by atomic mass is 10.1. The van der Waals surface area contributed by atoms with Gasteiger partial charge in [0.05, 0.1) is 19.4 Å². The fourth-order valence-electron chi connectivity index (χ4n) is 2.48. The minimum atomic E-state index is -1.97. The third-order valence-electron chi connectivity index (χ3n) is 4.11. The van der Waals surface area contributed by atoms with Crippen LogP contribution >= 0.6 is 0 Å². The minimum Gasteiger partial charge on any atom is -0.466 e. The lowest BCUT2D eigenvalue weighted by molar-refractivity contribution is -0.151. The van der Waals surface area contributed by atoms with E-state index in [0.29, 0.717) is 6.07 Å². The van der Waals surface area contributed by atoms with Crippen LogP contribution in [0.15, 0.2) is 6.07 Å². The van der Waals surface area contributed by atoms with E-state index >= 15 is 0 Å². The van der Waals surface area contributed by atoms with Crippen molar-refractivity contribution in [2.75, 3.05) is 6.61 Å². The van der Waals surface area contributed by atoms with Crippen molar-refractivity contribution in [1.82, 2.24) is 0 Å². The molecule has 0 saturated heterocycles. The highest BCUT2D eigenvalue weighted by atomic mass is 19.2. The number of halogens is 4. The third-order valence-corrected chi connectivity index (χ3v) is 4.11. The average molecular weight is 406 g/mol. The number of hydrogen-bond donors (Lipinski definition) is 0. The standard InChI is InChI=1S/C20H26F4O4/c1-2-3-4-5-6-7-8-11-27-16(25)9-10-17(26)28-13-14-12-15(21)19(23)20(24)18(14)22/h12H,2-11,13H2,1H3. The van der Waals surface area contributed by atoms with Crippen LogP contribution < -0.4 is 0 Å². The van der Waals surface area contributed by atoms with Crippen LogP contribution in [0.4, 0.5) is 17.6 Å². The summed E-state index contributed by atoms with van der Waals surface area (Å²) in [4.78, 5) is 23.1. The quantitative estimate of drug-likeness (QED) is 0.145. The number of unbranched alkanes of at least 4 members (excludes halogenated alkanes) is 6. The molecular formula is C20H26F4O4. The second kappa shape index (κ2) is 13.1. The number of carbonyl (C=O) groups is 2. The first-order chi connectivity index (χ1) is 13.4. The number of hydrogen-bond acceptors (Lipinski definition) is 4. The van der Waals surface area contributed by atoms with Gasteiger partial charge < -0.3 is 9.47 Å². The largest absolute Gasteiger partial charge is 0.466 e. The Bertz CT molecular complexity index is 650. The summed E-state index contributed by atoms with van der Waals surface area (Å²) < 4.78 is 62.1. The molecule has 0 aromatic heterocycles. The monoisotopic (exact) mass is 406 g/mol. The zero-order chi connectivity index (χ0) is 20.9. The third kappa shape index (κ3) is 8.71. The first-order valence-electron chi connectivity index (χ1n) is 9.49. The fraction of sp³-hybridized carbons (Fsp3) is 0.600. The van der Waals surface area contributed by atoms with Crippen LogP contribution in [0.2, 0.25) is 0 Å². The average Bonchev–Trinajstić information content (AvgIpc) is 2.68. The molecule has 1 rings (SSSR count). The van der Waals surface area contributed by atoms with E-state index in [1.54, 1.807) is 0 Å². The van der Waals surface area contributed by atoms with Crippen molar-refractivity contribution in [2.24, 2.45) is 0 Å². The second-order valence-corrected chi connectivity index (χ2v) is 6.46.